The molecule has 0 aromatic rings. The Balaban J connectivity index is 1.57. The van der Waals surface area contributed by atoms with Crippen molar-refractivity contribution in [3.63, 3.8) is 0 Å². The van der Waals surface area contributed by atoms with Crippen LogP contribution in [0.25, 0.3) is 0 Å². The minimum atomic E-state index is 0.176. The first kappa shape index (κ1) is 12.8. The summed E-state index contributed by atoms with van der Waals surface area (Å²) in [5.41, 5.74) is 5.63. The lowest BCUT2D eigenvalue weighted by atomic mass is 9.53. The molecule has 3 N–H and O–H groups in total. The van der Waals surface area contributed by atoms with E-state index in [0.29, 0.717) is 12.3 Å². The van der Waals surface area contributed by atoms with Crippen LogP contribution in [-0.4, -0.2) is 29.5 Å². The second-order valence-corrected chi connectivity index (χ2v) is 7.69. The molecule has 4 bridgehead atoms. The fourth-order valence-corrected chi connectivity index (χ4v) is 5.41. The largest absolute Gasteiger partial charge is 0.350 e. The summed E-state index contributed by atoms with van der Waals surface area (Å²) < 4.78 is 0. The van der Waals surface area contributed by atoms with E-state index < -0.39 is 0 Å². The Morgan fingerprint density at radius 1 is 1.17 bits per heavy atom. The molecule has 0 heterocycles. The zero-order valence-corrected chi connectivity index (χ0v) is 11.8. The van der Waals surface area contributed by atoms with E-state index in [2.05, 4.69) is 5.32 Å². The highest BCUT2D eigenvalue weighted by molar-refractivity contribution is 7.99. The molecule has 0 spiro atoms. The van der Waals surface area contributed by atoms with Crippen molar-refractivity contribution in [1.82, 2.24) is 5.32 Å². The lowest BCUT2D eigenvalue weighted by Gasteiger charge is -2.56. The second kappa shape index (κ2) is 5.04. The number of rotatable bonds is 5. The fraction of sp³-hybridized carbons (Fsp3) is 0.929. The molecule has 0 atom stereocenters. The highest BCUT2D eigenvalue weighted by Gasteiger charge is 2.51. The van der Waals surface area contributed by atoms with Crippen molar-refractivity contribution in [2.45, 2.75) is 44.1 Å². The minimum absolute atomic E-state index is 0.176. The van der Waals surface area contributed by atoms with Gasteiger partial charge in [-0.2, -0.15) is 11.8 Å². The summed E-state index contributed by atoms with van der Waals surface area (Å²) in [6.45, 7) is 0.662. The molecule has 0 aromatic carbocycles. The average Bonchev–Trinajstić information content (AvgIpc) is 2.26. The van der Waals surface area contributed by atoms with Crippen molar-refractivity contribution < 1.29 is 4.79 Å². The van der Waals surface area contributed by atoms with Crippen molar-refractivity contribution in [2.75, 3.05) is 18.1 Å². The molecule has 1 amide bonds. The van der Waals surface area contributed by atoms with Gasteiger partial charge in [-0.05, 0) is 56.3 Å². The van der Waals surface area contributed by atoms with E-state index in [-0.39, 0.29) is 11.4 Å². The van der Waals surface area contributed by atoms with Crippen molar-refractivity contribution in [2.24, 2.45) is 23.5 Å². The monoisotopic (exact) mass is 268 g/mol. The quantitative estimate of drug-likeness (QED) is 0.747. The van der Waals surface area contributed by atoms with Gasteiger partial charge >= 0.3 is 0 Å². The molecule has 3 nitrogen and oxygen atoms in total. The first-order valence-electron chi connectivity index (χ1n) is 7.28. The summed E-state index contributed by atoms with van der Waals surface area (Å²) in [7, 11) is 0. The topological polar surface area (TPSA) is 55.1 Å². The Labute approximate surface area is 114 Å². The Morgan fingerprint density at radius 3 is 2.22 bits per heavy atom. The SMILES string of the molecule is NCCSCC(=O)NC12CC3CC(CC(C3)C1)C2. The van der Waals surface area contributed by atoms with Gasteiger partial charge in [0, 0.05) is 17.8 Å². The first-order chi connectivity index (χ1) is 8.69. The van der Waals surface area contributed by atoms with E-state index in [1.165, 1.54) is 38.5 Å². The number of carbonyl (C=O) groups excluding carboxylic acids is 1. The van der Waals surface area contributed by atoms with Crippen LogP contribution < -0.4 is 11.1 Å². The van der Waals surface area contributed by atoms with Crippen LogP contribution in [0.3, 0.4) is 0 Å². The Hall–Kier alpha value is -0.220. The second-order valence-electron chi connectivity index (χ2n) is 6.59. The van der Waals surface area contributed by atoms with Crippen LogP contribution in [-0.2, 0) is 4.79 Å². The number of thioether (sulfide) groups is 1. The van der Waals surface area contributed by atoms with Crippen molar-refractivity contribution >= 4 is 17.7 Å². The summed E-state index contributed by atoms with van der Waals surface area (Å²) in [6.07, 6.45) is 8.01. The molecule has 4 saturated carbocycles. The van der Waals surface area contributed by atoms with Gasteiger partial charge in [0.2, 0.25) is 5.91 Å². The van der Waals surface area contributed by atoms with E-state index in [9.17, 15) is 4.79 Å². The van der Waals surface area contributed by atoms with Gasteiger partial charge in [0.05, 0.1) is 5.75 Å². The highest BCUT2D eigenvalue weighted by atomic mass is 32.2. The third-order valence-corrected chi connectivity index (χ3v) is 5.93. The normalized spacial score (nSPS) is 41.1. The van der Waals surface area contributed by atoms with Crippen molar-refractivity contribution in [3.05, 3.63) is 0 Å². The fourth-order valence-electron chi connectivity index (χ4n) is 4.84. The summed E-state index contributed by atoms with van der Waals surface area (Å²) in [5, 5.41) is 3.38. The summed E-state index contributed by atoms with van der Waals surface area (Å²) in [4.78, 5) is 12.0. The molecule has 0 radical (unpaired) electrons. The molecule has 0 aromatic heterocycles. The average molecular weight is 268 g/mol. The van der Waals surface area contributed by atoms with Gasteiger partial charge in [0.15, 0.2) is 0 Å². The number of nitrogens with two attached hydrogens (primary N) is 1. The summed E-state index contributed by atoms with van der Waals surface area (Å²) >= 11 is 1.65. The lowest BCUT2D eigenvalue weighted by molar-refractivity contribution is -0.124. The van der Waals surface area contributed by atoms with E-state index in [0.717, 1.165) is 23.5 Å². The van der Waals surface area contributed by atoms with Crippen LogP contribution >= 0.6 is 11.8 Å². The summed E-state index contributed by atoms with van der Waals surface area (Å²) in [5.74, 6) is 4.39. The van der Waals surface area contributed by atoms with Gasteiger partial charge in [-0.25, -0.2) is 0 Å². The maximum Gasteiger partial charge on any atom is 0.230 e. The van der Waals surface area contributed by atoms with E-state index >= 15 is 0 Å². The Bertz CT molecular complexity index is 296. The van der Waals surface area contributed by atoms with Crippen LogP contribution in [0.15, 0.2) is 0 Å². The molecule has 0 unspecified atom stereocenters. The van der Waals surface area contributed by atoms with Crippen LogP contribution in [0.4, 0.5) is 0 Å². The van der Waals surface area contributed by atoms with E-state index in [1.807, 2.05) is 0 Å². The molecule has 4 aliphatic carbocycles. The minimum Gasteiger partial charge on any atom is -0.350 e. The third kappa shape index (κ3) is 2.55. The van der Waals surface area contributed by atoms with Gasteiger partial charge in [-0.3, -0.25) is 4.79 Å². The maximum absolute atomic E-state index is 12.0. The molecule has 0 saturated heterocycles. The van der Waals surface area contributed by atoms with Gasteiger partial charge in [0.1, 0.15) is 0 Å². The number of hydrogen-bond donors (Lipinski definition) is 2. The molecule has 4 rings (SSSR count). The third-order valence-electron chi connectivity index (χ3n) is 4.94. The van der Waals surface area contributed by atoms with Crippen LogP contribution in [0.2, 0.25) is 0 Å². The smallest absolute Gasteiger partial charge is 0.230 e. The number of nitrogens with one attached hydrogen (secondary N) is 1. The Morgan fingerprint density at radius 2 is 1.72 bits per heavy atom. The van der Waals surface area contributed by atoms with Crippen molar-refractivity contribution in [3.8, 4) is 0 Å². The molecular formula is C14H24N2OS. The van der Waals surface area contributed by atoms with Crippen LogP contribution in [0.1, 0.15) is 38.5 Å². The first-order valence-corrected chi connectivity index (χ1v) is 8.43. The molecule has 18 heavy (non-hydrogen) atoms. The van der Waals surface area contributed by atoms with Crippen molar-refractivity contribution in [1.29, 1.82) is 0 Å². The maximum atomic E-state index is 12.0. The predicted octanol–water partition coefficient (Wildman–Crippen LogP) is 1.76. The number of amides is 1. The zero-order chi connectivity index (χ0) is 12.6. The van der Waals surface area contributed by atoms with Crippen LogP contribution in [0.5, 0.6) is 0 Å². The predicted molar refractivity (Wildman–Crippen MR) is 75.4 cm³/mol. The van der Waals surface area contributed by atoms with Gasteiger partial charge in [-0.1, -0.05) is 0 Å². The van der Waals surface area contributed by atoms with Crippen LogP contribution in [0, 0.1) is 17.8 Å². The molecule has 4 aliphatic rings. The molecule has 4 fully saturated rings. The highest BCUT2D eigenvalue weighted by Crippen LogP contribution is 2.55. The van der Waals surface area contributed by atoms with E-state index in [4.69, 9.17) is 5.73 Å². The van der Waals surface area contributed by atoms with E-state index in [1.54, 1.807) is 11.8 Å². The summed E-state index contributed by atoms with van der Waals surface area (Å²) in [6, 6.07) is 0. The standard InChI is InChI=1S/C14H24N2OS/c15-1-2-18-9-13(17)16-14-6-10-3-11(7-14)5-12(4-10)8-14/h10-12H,1-9,15H2,(H,16,17). The number of hydrogen-bond acceptors (Lipinski definition) is 3. The molecule has 0 aliphatic heterocycles. The molecule has 102 valence electrons. The molecule has 4 heteroatoms. The van der Waals surface area contributed by atoms with Gasteiger partial charge in [-0.15, -0.1) is 0 Å². The van der Waals surface area contributed by atoms with Gasteiger partial charge < -0.3 is 11.1 Å². The molecular weight excluding hydrogens is 244 g/mol. The number of carbonyl (C=O) groups is 1. The Kier molecular flexibility index (Phi) is 3.59. The lowest BCUT2D eigenvalue weighted by Crippen LogP contribution is -2.60. The zero-order valence-electron chi connectivity index (χ0n) is 11.0. The van der Waals surface area contributed by atoms with Gasteiger partial charge in [0.25, 0.3) is 0 Å².